The molecule has 2 aliphatic heterocycles. The smallest absolute Gasteiger partial charge is 0.346 e. The first-order chi connectivity index (χ1) is 16.2. The first-order valence-corrected chi connectivity index (χ1v) is 12.2. The first kappa shape index (κ1) is 22.5. The molecule has 0 aliphatic carbocycles. The summed E-state index contributed by atoms with van der Waals surface area (Å²) in [6, 6.07) is 10.9. The minimum absolute atomic E-state index is 0.0130. The van der Waals surface area contributed by atoms with Crippen molar-refractivity contribution in [2.45, 2.75) is 6.61 Å². The van der Waals surface area contributed by atoms with Gasteiger partial charge < -0.3 is 14.1 Å². The molecule has 11 nitrogen and oxygen atoms in total. The van der Waals surface area contributed by atoms with E-state index < -0.39 is 12.6 Å². The predicted octanol–water partition coefficient (Wildman–Crippen LogP) is 4.09. The lowest BCUT2D eigenvalue weighted by atomic mass is 10.2. The van der Waals surface area contributed by atoms with Crippen molar-refractivity contribution in [3.05, 3.63) is 63.9 Å². The van der Waals surface area contributed by atoms with Gasteiger partial charge in [-0.1, -0.05) is 6.07 Å². The molecule has 2 fully saturated rings. The van der Waals surface area contributed by atoms with Crippen LogP contribution in [0.4, 0.5) is 5.69 Å². The van der Waals surface area contributed by atoms with Crippen molar-refractivity contribution in [3.63, 3.8) is 0 Å². The number of hydrogen-bond acceptors (Lipinski definition) is 7. The average Bonchev–Trinajstić information content (AvgIpc) is 3.72. The van der Waals surface area contributed by atoms with Crippen LogP contribution in [0.2, 0.25) is 0 Å². The van der Waals surface area contributed by atoms with E-state index in [1.165, 1.54) is 23.1 Å². The van der Waals surface area contributed by atoms with Crippen LogP contribution < -0.4 is 4.74 Å². The summed E-state index contributed by atoms with van der Waals surface area (Å²) in [4.78, 5) is 24.8. The van der Waals surface area contributed by atoms with E-state index in [1.54, 1.807) is 47.7 Å². The summed E-state index contributed by atoms with van der Waals surface area (Å²) in [5, 5.41) is 12.3. The highest BCUT2D eigenvalue weighted by molar-refractivity contribution is 7.54. The third-order valence-corrected chi connectivity index (χ3v) is 8.19. The van der Waals surface area contributed by atoms with Crippen molar-refractivity contribution in [2.24, 2.45) is 0 Å². The van der Waals surface area contributed by atoms with E-state index in [2.05, 4.69) is 0 Å². The number of benzene rings is 2. The third kappa shape index (κ3) is 4.43. The Labute approximate surface area is 195 Å². The van der Waals surface area contributed by atoms with E-state index >= 15 is 0 Å². The number of amides is 1. The molecule has 0 radical (unpaired) electrons. The summed E-state index contributed by atoms with van der Waals surface area (Å²) >= 11 is 0. The van der Waals surface area contributed by atoms with Gasteiger partial charge in [-0.05, 0) is 30.3 Å². The van der Waals surface area contributed by atoms with Gasteiger partial charge in [0, 0.05) is 51.2 Å². The highest BCUT2D eigenvalue weighted by Crippen LogP contribution is 2.61. The van der Waals surface area contributed by atoms with E-state index in [0.29, 0.717) is 28.0 Å². The molecule has 5 rings (SSSR count). The molecule has 0 N–H and O–H groups in total. The van der Waals surface area contributed by atoms with Crippen molar-refractivity contribution in [2.75, 3.05) is 40.3 Å². The number of carbonyl (C=O) groups is 1. The predicted molar refractivity (Wildman–Crippen MR) is 123 cm³/mol. The molecule has 34 heavy (non-hydrogen) atoms. The number of ether oxygens (including phenoxy) is 1. The summed E-state index contributed by atoms with van der Waals surface area (Å²) in [6.45, 7) is 2.94. The normalized spacial score (nSPS) is 15.9. The second kappa shape index (κ2) is 8.52. The van der Waals surface area contributed by atoms with Gasteiger partial charge in [-0.3, -0.25) is 24.0 Å². The average molecular weight is 486 g/mol. The van der Waals surface area contributed by atoms with Crippen LogP contribution in [-0.4, -0.2) is 65.3 Å². The second-order valence-corrected chi connectivity index (χ2v) is 10.7. The quantitative estimate of drug-likeness (QED) is 0.191. The number of nitro benzene ring substituents is 1. The van der Waals surface area contributed by atoms with E-state index in [1.807, 2.05) is 0 Å². The Morgan fingerprint density at radius 3 is 2.47 bits per heavy atom. The van der Waals surface area contributed by atoms with E-state index in [-0.39, 0.29) is 24.0 Å². The molecule has 2 aromatic carbocycles. The summed E-state index contributed by atoms with van der Waals surface area (Å²) in [6.07, 6.45) is 0. The molecule has 2 aliphatic rings. The lowest BCUT2D eigenvalue weighted by molar-refractivity contribution is -0.385. The number of furan rings is 1. The van der Waals surface area contributed by atoms with Crippen molar-refractivity contribution >= 4 is 30.2 Å². The number of rotatable bonds is 9. The van der Waals surface area contributed by atoms with Crippen LogP contribution in [0.3, 0.4) is 0 Å². The van der Waals surface area contributed by atoms with Gasteiger partial charge >= 0.3 is 13.4 Å². The Morgan fingerprint density at radius 2 is 1.85 bits per heavy atom. The Kier molecular flexibility index (Phi) is 5.65. The maximum absolute atomic E-state index is 13.1. The van der Waals surface area contributed by atoms with Gasteiger partial charge in [0.15, 0.2) is 0 Å². The van der Waals surface area contributed by atoms with E-state index in [4.69, 9.17) is 13.7 Å². The number of nitro groups is 1. The van der Waals surface area contributed by atoms with Crippen LogP contribution in [0, 0.1) is 10.1 Å². The van der Waals surface area contributed by atoms with Crippen LogP contribution in [0.15, 0.2) is 46.9 Å². The maximum atomic E-state index is 13.1. The molecule has 12 heteroatoms. The Bertz CT molecular complexity index is 1310. The van der Waals surface area contributed by atoms with Crippen LogP contribution in [0.1, 0.15) is 16.1 Å². The molecule has 3 aromatic rings. The SMILES string of the molecule is CN(C)C(=O)c1cccc(Oc2cc3cc(COP(=O)(N4CC4)N4CC4)oc3cc2[N+](=O)[O-])c1. The largest absolute Gasteiger partial charge is 0.458 e. The molecule has 178 valence electrons. The molecule has 2 saturated heterocycles. The van der Waals surface area contributed by atoms with Crippen LogP contribution in [0.25, 0.3) is 11.0 Å². The number of hydrogen-bond donors (Lipinski definition) is 0. The lowest BCUT2D eigenvalue weighted by Gasteiger charge is -2.18. The van der Waals surface area contributed by atoms with Gasteiger partial charge in [0.05, 0.1) is 11.0 Å². The molecule has 0 bridgehead atoms. The fourth-order valence-electron chi connectivity index (χ4n) is 3.57. The van der Waals surface area contributed by atoms with Crippen molar-refractivity contribution in [3.8, 4) is 11.5 Å². The van der Waals surface area contributed by atoms with E-state index in [0.717, 1.165) is 26.2 Å². The van der Waals surface area contributed by atoms with Gasteiger partial charge in [-0.15, -0.1) is 0 Å². The molecule has 3 heterocycles. The van der Waals surface area contributed by atoms with Crippen molar-refractivity contribution in [1.29, 1.82) is 0 Å². The number of carbonyl (C=O) groups excluding carboxylic acids is 1. The van der Waals surface area contributed by atoms with Gasteiger partial charge in [0.1, 0.15) is 23.7 Å². The fourth-order valence-corrected chi connectivity index (χ4v) is 5.74. The van der Waals surface area contributed by atoms with Crippen LogP contribution >= 0.6 is 7.67 Å². The molecule has 0 atom stereocenters. The summed E-state index contributed by atoms with van der Waals surface area (Å²) in [7, 11) is 0.266. The first-order valence-electron chi connectivity index (χ1n) is 10.7. The van der Waals surface area contributed by atoms with Gasteiger partial charge in [0.2, 0.25) is 5.75 Å². The molecule has 0 unspecified atom stereocenters. The van der Waals surface area contributed by atoms with Crippen molar-refractivity contribution < 1.29 is 28.0 Å². The van der Waals surface area contributed by atoms with E-state index in [9.17, 15) is 19.5 Å². The second-order valence-electron chi connectivity index (χ2n) is 8.33. The Morgan fingerprint density at radius 1 is 1.15 bits per heavy atom. The summed E-state index contributed by atoms with van der Waals surface area (Å²) in [5.41, 5.74) is 0.413. The van der Waals surface area contributed by atoms with Gasteiger partial charge in [-0.2, -0.15) is 0 Å². The van der Waals surface area contributed by atoms with Crippen molar-refractivity contribution in [1.82, 2.24) is 14.2 Å². The standard InChI is InChI=1S/C22H23N4O7P/c1-23(2)22(27)15-4-3-5-17(10-15)32-21-12-16-11-18(33-20(16)13-19(21)26(28)29)14-31-34(30,24-6-7-24)25-8-9-25/h3-5,10-13H,6-9,14H2,1-2H3. The summed E-state index contributed by atoms with van der Waals surface area (Å²) in [5.74, 6) is 0.500. The monoisotopic (exact) mass is 486 g/mol. The summed E-state index contributed by atoms with van der Waals surface area (Å²) < 4.78 is 34.0. The fraction of sp³-hybridized carbons (Fsp3) is 0.318. The number of nitrogens with zero attached hydrogens (tertiary/aromatic N) is 4. The maximum Gasteiger partial charge on any atom is 0.346 e. The zero-order valence-electron chi connectivity index (χ0n) is 18.7. The Balaban J connectivity index is 1.41. The molecular weight excluding hydrogens is 463 g/mol. The van der Waals surface area contributed by atoms with Crippen LogP contribution in [0.5, 0.6) is 11.5 Å². The highest BCUT2D eigenvalue weighted by Gasteiger charge is 2.49. The van der Waals surface area contributed by atoms with Gasteiger partial charge in [-0.25, -0.2) is 9.34 Å². The lowest BCUT2D eigenvalue weighted by Crippen LogP contribution is -2.21. The zero-order valence-corrected chi connectivity index (χ0v) is 19.6. The number of fused-ring (bicyclic) bond motifs is 1. The third-order valence-electron chi connectivity index (χ3n) is 5.50. The zero-order chi connectivity index (χ0) is 24.0. The minimum Gasteiger partial charge on any atom is -0.458 e. The molecule has 0 spiro atoms. The molecular formula is C22H23N4O7P. The van der Waals surface area contributed by atoms with Crippen LogP contribution in [-0.2, 0) is 15.7 Å². The topological polar surface area (TPSA) is 118 Å². The highest BCUT2D eigenvalue weighted by atomic mass is 31.2. The minimum atomic E-state index is -3.01. The molecule has 1 amide bonds. The Hall–Kier alpha value is -3.24. The molecule has 1 aromatic heterocycles. The molecule has 0 saturated carbocycles. The van der Waals surface area contributed by atoms with Gasteiger partial charge in [0.25, 0.3) is 5.91 Å².